The van der Waals surface area contributed by atoms with E-state index >= 15 is 0 Å². The first-order valence-electron chi connectivity index (χ1n) is 4.65. The maximum Gasteiger partial charge on any atom is 0.0765 e. The Hall–Kier alpha value is -0.400. The van der Waals surface area contributed by atoms with Gasteiger partial charge in [-0.3, -0.25) is 0 Å². The van der Waals surface area contributed by atoms with Gasteiger partial charge in [0.25, 0.3) is 0 Å². The van der Waals surface area contributed by atoms with E-state index in [4.69, 9.17) is 0 Å². The van der Waals surface area contributed by atoms with Crippen molar-refractivity contribution in [1.82, 2.24) is 0 Å². The summed E-state index contributed by atoms with van der Waals surface area (Å²) in [4.78, 5) is 0. The van der Waals surface area contributed by atoms with Gasteiger partial charge in [-0.2, -0.15) is 10.2 Å². The van der Waals surface area contributed by atoms with Crippen molar-refractivity contribution in [2.75, 3.05) is 6.54 Å². The highest BCUT2D eigenvalue weighted by atomic mass is 15.1. The summed E-state index contributed by atoms with van der Waals surface area (Å²) in [5.74, 6) is 0. The third-order valence-electron chi connectivity index (χ3n) is 1.45. The summed E-state index contributed by atoms with van der Waals surface area (Å²) in [6.45, 7) is 13.8. The van der Waals surface area contributed by atoms with Gasteiger partial charge in [0, 0.05) is 0 Å². The molecule has 0 radical (unpaired) electrons. The number of hydrogen-bond acceptors (Lipinski definition) is 2. The summed E-state index contributed by atoms with van der Waals surface area (Å²) in [6.07, 6.45) is 1.07. The van der Waals surface area contributed by atoms with E-state index in [9.17, 15) is 0 Å². The van der Waals surface area contributed by atoms with Gasteiger partial charge in [0.1, 0.15) is 0 Å². The van der Waals surface area contributed by atoms with Gasteiger partial charge in [0.2, 0.25) is 0 Å². The molecule has 2 nitrogen and oxygen atoms in total. The summed E-state index contributed by atoms with van der Waals surface area (Å²) in [5, 5.41) is 8.34. The van der Waals surface area contributed by atoms with Gasteiger partial charge in [0.05, 0.1) is 12.1 Å². The Balaban J connectivity index is 4.13. The van der Waals surface area contributed by atoms with Crippen molar-refractivity contribution < 1.29 is 0 Å². The van der Waals surface area contributed by atoms with Gasteiger partial charge < -0.3 is 0 Å². The molecule has 0 aromatic rings. The predicted molar refractivity (Wildman–Crippen MR) is 53.5 cm³/mol. The monoisotopic (exact) mass is 170 g/mol. The average molecular weight is 170 g/mol. The SMILES string of the molecule is CCN=NC(C)(C)CC(C)(C)C. The zero-order chi connectivity index (χ0) is 9.83. The van der Waals surface area contributed by atoms with E-state index in [0.29, 0.717) is 5.41 Å². The molecule has 0 N–H and O–H groups in total. The molecule has 0 aromatic carbocycles. The fourth-order valence-corrected chi connectivity index (χ4v) is 1.60. The van der Waals surface area contributed by atoms with Crippen LogP contribution in [-0.4, -0.2) is 12.1 Å². The van der Waals surface area contributed by atoms with Crippen molar-refractivity contribution in [1.29, 1.82) is 0 Å². The van der Waals surface area contributed by atoms with Crippen molar-refractivity contribution >= 4 is 0 Å². The molecule has 0 fully saturated rings. The molecule has 0 spiro atoms. The lowest BCUT2D eigenvalue weighted by molar-refractivity contribution is 0.279. The third-order valence-corrected chi connectivity index (χ3v) is 1.45. The second-order valence-corrected chi connectivity index (χ2v) is 5.11. The third kappa shape index (κ3) is 6.32. The lowest BCUT2D eigenvalue weighted by Gasteiger charge is -2.27. The molecule has 0 amide bonds. The summed E-state index contributed by atoms with van der Waals surface area (Å²) in [7, 11) is 0. The molecular formula is C10H22N2. The highest BCUT2D eigenvalue weighted by molar-refractivity contribution is 4.81. The van der Waals surface area contributed by atoms with Crippen LogP contribution in [0.2, 0.25) is 0 Å². The van der Waals surface area contributed by atoms with Crippen LogP contribution in [0.1, 0.15) is 48.0 Å². The molecule has 0 aliphatic heterocycles. The molecule has 2 heteroatoms. The molecule has 0 saturated carbocycles. The molecule has 0 saturated heterocycles. The van der Waals surface area contributed by atoms with Crippen LogP contribution in [0.4, 0.5) is 0 Å². The van der Waals surface area contributed by atoms with E-state index in [1.54, 1.807) is 0 Å². The Kier molecular flexibility index (Phi) is 3.88. The van der Waals surface area contributed by atoms with E-state index in [1.165, 1.54) is 0 Å². The largest absolute Gasteiger partial charge is 0.194 e. The zero-order valence-electron chi connectivity index (χ0n) is 9.31. The molecular weight excluding hydrogens is 148 g/mol. The fraction of sp³-hybridized carbons (Fsp3) is 1.00. The molecule has 0 aliphatic rings. The van der Waals surface area contributed by atoms with Crippen molar-refractivity contribution in [2.45, 2.75) is 53.5 Å². The Morgan fingerprint density at radius 1 is 1.00 bits per heavy atom. The van der Waals surface area contributed by atoms with E-state index in [1.807, 2.05) is 6.92 Å². The van der Waals surface area contributed by atoms with Crippen LogP contribution in [-0.2, 0) is 0 Å². The topological polar surface area (TPSA) is 24.7 Å². The second-order valence-electron chi connectivity index (χ2n) is 5.11. The van der Waals surface area contributed by atoms with Gasteiger partial charge in [-0.15, -0.1) is 0 Å². The molecule has 0 atom stereocenters. The molecule has 12 heavy (non-hydrogen) atoms. The van der Waals surface area contributed by atoms with Crippen LogP contribution >= 0.6 is 0 Å². The smallest absolute Gasteiger partial charge is 0.0765 e. The van der Waals surface area contributed by atoms with Crippen LogP contribution in [0, 0.1) is 5.41 Å². The maximum atomic E-state index is 4.28. The first-order chi connectivity index (χ1) is 5.27. The van der Waals surface area contributed by atoms with Gasteiger partial charge in [-0.25, -0.2) is 0 Å². The van der Waals surface area contributed by atoms with Crippen LogP contribution in [0.5, 0.6) is 0 Å². The molecule has 0 rings (SSSR count). The predicted octanol–water partition coefficient (Wildman–Crippen LogP) is 3.67. The second kappa shape index (κ2) is 4.01. The highest BCUT2D eigenvalue weighted by Crippen LogP contribution is 2.29. The number of hydrogen-bond donors (Lipinski definition) is 0. The minimum absolute atomic E-state index is 0.00569. The van der Waals surface area contributed by atoms with Crippen molar-refractivity contribution in [3.8, 4) is 0 Å². The molecule has 0 heterocycles. The summed E-state index contributed by atoms with van der Waals surface area (Å²) in [5.41, 5.74) is 0.324. The molecule has 0 bridgehead atoms. The average Bonchev–Trinajstić information content (AvgIpc) is 1.78. The number of nitrogens with zero attached hydrogens (tertiary/aromatic N) is 2. The first-order valence-corrected chi connectivity index (χ1v) is 4.65. The lowest BCUT2D eigenvalue weighted by Crippen LogP contribution is -2.24. The minimum atomic E-state index is -0.00569. The maximum absolute atomic E-state index is 4.28. The van der Waals surface area contributed by atoms with Crippen LogP contribution in [0.15, 0.2) is 10.2 Å². The molecule has 0 unspecified atom stereocenters. The van der Waals surface area contributed by atoms with E-state index in [-0.39, 0.29) is 5.54 Å². The van der Waals surface area contributed by atoms with E-state index in [0.717, 1.165) is 13.0 Å². The molecule has 72 valence electrons. The number of azo groups is 1. The summed E-state index contributed by atoms with van der Waals surface area (Å²) in [6, 6.07) is 0. The summed E-state index contributed by atoms with van der Waals surface area (Å²) < 4.78 is 0. The summed E-state index contributed by atoms with van der Waals surface area (Å²) >= 11 is 0. The van der Waals surface area contributed by atoms with Gasteiger partial charge in [-0.05, 0) is 32.6 Å². The van der Waals surface area contributed by atoms with Crippen molar-refractivity contribution in [2.24, 2.45) is 15.6 Å². The van der Waals surface area contributed by atoms with Gasteiger partial charge in [0.15, 0.2) is 0 Å². The molecule has 0 aliphatic carbocycles. The zero-order valence-corrected chi connectivity index (χ0v) is 9.31. The Bertz CT molecular complexity index is 152. The van der Waals surface area contributed by atoms with Gasteiger partial charge in [-0.1, -0.05) is 20.8 Å². The van der Waals surface area contributed by atoms with Crippen LogP contribution < -0.4 is 0 Å². The van der Waals surface area contributed by atoms with Crippen molar-refractivity contribution in [3.63, 3.8) is 0 Å². The van der Waals surface area contributed by atoms with Crippen molar-refractivity contribution in [3.05, 3.63) is 0 Å². The van der Waals surface area contributed by atoms with E-state index in [2.05, 4.69) is 44.8 Å². The Labute approximate surface area is 76.5 Å². The van der Waals surface area contributed by atoms with Crippen LogP contribution in [0.3, 0.4) is 0 Å². The Morgan fingerprint density at radius 2 is 1.50 bits per heavy atom. The standard InChI is InChI=1S/C10H22N2/c1-7-11-12-10(5,6)8-9(2,3)4/h7-8H2,1-6H3. The lowest BCUT2D eigenvalue weighted by atomic mass is 9.82. The highest BCUT2D eigenvalue weighted by Gasteiger charge is 2.24. The fourth-order valence-electron chi connectivity index (χ4n) is 1.60. The number of rotatable bonds is 3. The van der Waals surface area contributed by atoms with Gasteiger partial charge >= 0.3 is 0 Å². The minimum Gasteiger partial charge on any atom is -0.194 e. The first kappa shape index (κ1) is 11.6. The Morgan fingerprint density at radius 3 is 1.83 bits per heavy atom. The molecule has 0 aromatic heterocycles. The normalized spacial score (nSPS) is 14.2. The van der Waals surface area contributed by atoms with Crippen LogP contribution in [0.25, 0.3) is 0 Å². The van der Waals surface area contributed by atoms with E-state index < -0.39 is 0 Å². The quantitative estimate of drug-likeness (QED) is 0.577.